The Balaban J connectivity index is 0.000000167. The molecule has 8 fully saturated rings. The second-order valence-electron chi connectivity index (χ2n) is 39.1. The summed E-state index contributed by atoms with van der Waals surface area (Å²) in [6.45, 7) is 10.0. The summed E-state index contributed by atoms with van der Waals surface area (Å²) in [5.41, 5.74) is 28.1. The van der Waals surface area contributed by atoms with E-state index < -0.39 is 162 Å². The van der Waals surface area contributed by atoms with Crippen molar-refractivity contribution < 1.29 is 97.0 Å². The number of hydrogen-bond donors (Lipinski definition) is 8. The summed E-state index contributed by atoms with van der Waals surface area (Å²) in [6, 6.07) is 13.7. The summed E-state index contributed by atoms with van der Waals surface area (Å²) in [6.07, 6.45) is 15.9. The highest BCUT2D eigenvalue weighted by atomic mass is 19.4. The van der Waals surface area contributed by atoms with E-state index in [1.54, 1.807) is 98.6 Å². The molecular weight excluding hydrogens is 1960 g/mol. The number of nitrogens with one attached hydrogen (secondary N) is 4. The van der Waals surface area contributed by atoms with E-state index in [-0.39, 0.29) is 73.5 Å². The highest BCUT2D eigenvalue weighted by Crippen LogP contribution is 2.44. The van der Waals surface area contributed by atoms with E-state index in [2.05, 4.69) is 62.7 Å². The molecule has 45 heteroatoms. The van der Waals surface area contributed by atoms with Gasteiger partial charge >= 0.3 is 42.7 Å². The van der Waals surface area contributed by atoms with Crippen LogP contribution in [0.5, 0.6) is 0 Å². The third kappa shape index (κ3) is 27.2. The fraction of sp³-hybridized carbons (Fsp3) is 0.505. The fourth-order valence-electron chi connectivity index (χ4n) is 21.7. The highest BCUT2D eigenvalue weighted by Gasteiger charge is 2.62. The molecule has 8 aromatic rings. The van der Waals surface area contributed by atoms with E-state index >= 15 is 0 Å². The Kier molecular flexibility index (Phi) is 38.0. The number of imide groups is 4. The summed E-state index contributed by atoms with van der Waals surface area (Å²) >= 11 is 0. The zero-order valence-electron chi connectivity index (χ0n) is 84.4. The maximum atomic E-state index is 14.0. The molecule has 12 atom stereocenters. The van der Waals surface area contributed by atoms with Crippen molar-refractivity contribution in [2.24, 2.45) is 47.3 Å². The van der Waals surface area contributed by atoms with Gasteiger partial charge in [0.2, 0.25) is 23.6 Å². The van der Waals surface area contributed by atoms with Crippen molar-refractivity contribution in [3.63, 3.8) is 0 Å². The van der Waals surface area contributed by atoms with Gasteiger partial charge in [0.05, 0.1) is 29.9 Å². The lowest BCUT2D eigenvalue weighted by molar-refractivity contribution is -0.171. The smallest absolute Gasteiger partial charge is 0.384 e. The molecule has 12 N–H and O–H groups in total. The van der Waals surface area contributed by atoms with Gasteiger partial charge in [0.15, 0.2) is 5.82 Å². The van der Waals surface area contributed by atoms with Crippen molar-refractivity contribution in [1.29, 1.82) is 0 Å². The van der Waals surface area contributed by atoms with Crippen LogP contribution < -0.4 is 63.8 Å². The molecule has 7 aromatic heterocycles. The quantitative estimate of drug-likeness (QED) is 0.0167. The molecule has 8 aliphatic rings. The SMILES string of the molecule is CCN(C(=O)[C@@H]1[C@@H](Cc2ccnc(N)c2)C(=O)N1C(=O)N[C@@H](C1CCCCC1)C(F)(F)F)c1ccnc(C)c1.CCN(C(=O)[C@@H]1[C@@H](Cc2ccnc(N)c2)C(=O)N1C(=O)N[C@@H](C1CCCCC1)C(F)(F)F)c1ccncc1.CC[C@@H](NC(=O)N1C(=O)[C@H](Cc2ccnc(N)c2)[C@H]1C(=O)N(CC)c1ccccc1)C1CCCCC1.CN(C(=O)[C@@H]1[C@@H](Cc2ccnc(N)c2)C(=O)N1C(=O)N[C@@H](C1CCCCC1)C(F)(F)F)c1cnccn1. The normalized spacial score (nSPS) is 21.0. The number of carbonyl (C=O) groups is 12. The first-order valence-electron chi connectivity index (χ1n) is 51.1. The Bertz CT molecular complexity index is 6030. The first-order chi connectivity index (χ1) is 71.6. The second kappa shape index (κ2) is 50.6. The van der Waals surface area contributed by atoms with Gasteiger partial charge in [0.25, 0.3) is 23.6 Å². The molecule has 16 amide bonds. The number of amides is 16. The number of pyridine rings is 6. The van der Waals surface area contributed by atoms with Gasteiger partial charge in [-0.3, -0.25) is 77.8 Å². The molecule has 11 heterocycles. The number of benzene rings is 1. The van der Waals surface area contributed by atoms with Crippen molar-refractivity contribution in [3.05, 3.63) is 193 Å². The number of nitrogen functional groups attached to an aromatic ring is 4. The Morgan fingerprint density at radius 1 is 0.353 bits per heavy atom. The summed E-state index contributed by atoms with van der Waals surface area (Å²) in [5, 5.41) is 9.28. The molecule has 1 aromatic carbocycles. The van der Waals surface area contributed by atoms with Gasteiger partial charge in [-0.25, -0.2) is 44.1 Å². The number of hydrogen-bond acceptors (Lipinski definition) is 24. The van der Waals surface area contributed by atoms with E-state index in [4.69, 9.17) is 22.9 Å². The number of aryl methyl sites for hydroxylation is 1. The number of β-lactam (4-membered cyclic amide) rings is 4. The standard InChI is InChI=1S/C28H37N5O3.C27H33F3N6O3.C26H31F3N6O3.C24H28F3N7O3/c1-3-23(20-11-7-5-8-12-20)31-28(36)33-25(27(35)32(4-2)21-13-9-6-10-14-21)22(26(33)34)17-19-15-16-30-24(29)18-19;1-3-35(19-10-12-32-16(2)13-19)25(38)22-20(14-17-9-11-33-21(31)15-17)24(37)36(22)26(39)34-23(27(28,29)30)18-7-5-4-6-8-18;1-2-34(18-9-11-31-12-10-18)24(37)21-19(14-16-8-13-32-20(30)15-16)23(36)35(21)25(38)33-22(26(27,28)29)17-6-4-3-5-7-17;1-33(18-13-29-9-10-31-18)22(36)19-16(11-14-7-8-30-17(28)12-14)21(35)34(19)23(37)32-20(24(25,26)27)15-5-3-2-4-6-15/h6,9-10,13-16,18,20,22-23,25H,3-5,7-8,11-12,17H2,1-2H3,(H2,29,30)(H,31,36);9-13,15,18,20,22-23H,3-8,14H2,1-2H3,(H2,31,33)(H,34,39);8-13,15,17,19,21-22H,2-7,14H2,1H3,(H2,30,32)(H,33,38);7-10,12-13,15-16,19-20H,2-6,11H2,1H3,(H2,28,30)(H,32,37)/t22-,23-,25+;20-,22+,23+;19-,21+,22+;16-,19+,20+/m1111/s1. The highest BCUT2D eigenvalue weighted by molar-refractivity contribution is 6.16. The number of aromatic nitrogens is 8. The number of urea groups is 4. The monoisotopic (exact) mass is 2090 g/mol. The van der Waals surface area contributed by atoms with E-state index in [1.807, 2.05) is 42.6 Å². The van der Waals surface area contributed by atoms with Gasteiger partial charge in [-0.05, 0) is 242 Å². The number of alkyl halides is 9. The molecule has 4 saturated heterocycles. The minimum atomic E-state index is -4.70. The second-order valence-corrected chi connectivity index (χ2v) is 39.1. The molecule has 36 nitrogen and oxygen atoms in total. The van der Waals surface area contributed by atoms with Gasteiger partial charge in [0, 0.05) is 111 Å². The van der Waals surface area contributed by atoms with Gasteiger partial charge < -0.3 is 58.9 Å². The lowest BCUT2D eigenvalue weighted by Gasteiger charge is -2.46. The number of likely N-dealkylation sites (N-methyl/N-ethyl adjacent to an activating group) is 4. The molecule has 0 spiro atoms. The van der Waals surface area contributed by atoms with Crippen molar-refractivity contribution in [2.75, 3.05) is 69.2 Å². The van der Waals surface area contributed by atoms with E-state index in [0.29, 0.717) is 150 Å². The average molecular weight is 2090 g/mol. The third-order valence-electron chi connectivity index (χ3n) is 29.4. The largest absolute Gasteiger partial charge is 0.408 e. The molecule has 150 heavy (non-hydrogen) atoms. The molecule has 0 unspecified atom stereocenters. The third-order valence-corrected chi connectivity index (χ3v) is 29.4. The minimum Gasteiger partial charge on any atom is -0.384 e. The number of likely N-dealkylation sites (tertiary alicyclic amines) is 4. The number of nitrogens with two attached hydrogens (primary N) is 4. The van der Waals surface area contributed by atoms with Gasteiger partial charge in [0.1, 0.15) is 65.6 Å². The maximum absolute atomic E-state index is 14.0. The number of carbonyl (C=O) groups excluding carboxylic acids is 12. The molecule has 0 radical (unpaired) electrons. The van der Waals surface area contributed by atoms with Crippen LogP contribution in [0.1, 0.15) is 190 Å². The molecule has 4 aliphatic carbocycles. The maximum Gasteiger partial charge on any atom is 0.408 e. The zero-order chi connectivity index (χ0) is 108. The summed E-state index contributed by atoms with van der Waals surface area (Å²) in [4.78, 5) is 201. The lowest BCUT2D eigenvalue weighted by Crippen LogP contribution is -2.72. The van der Waals surface area contributed by atoms with Crippen LogP contribution in [0, 0.1) is 54.3 Å². The van der Waals surface area contributed by atoms with Crippen molar-refractivity contribution in [2.45, 2.75) is 262 Å². The lowest BCUT2D eigenvalue weighted by atomic mass is 9.81. The van der Waals surface area contributed by atoms with Crippen LogP contribution in [0.25, 0.3) is 0 Å². The molecule has 0 bridgehead atoms. The van der Waals surface area contributed by atoms with E-state index in [0.717, 1.165) is 59.6 Å². The number of halogens is 9. The van der Waals surface area contributed by atoms with Crippen molar-refractivity contribution >= 4 is 118 Å². The number of nitrogens with zero attached hydrogens (tertiary/aromatic N) is 16. The Labute approximate surface area is 862 Å². The topological polar surface area (TPSA) is 486 Å². The molecule has 4 aliphatic heterocycles. The zero-order valence-corrected chi connectivity index (χ0v) is 84.4. The molecule has 16 rings (SSSR count). The first kappa shape index (κ1) is 113. The fourth-order valence-corrected chi connectivity index (χ4v) is 21.7. The van der Waals surface area contributed by atoms with Crippen molar-refractivity contribution in [3.8, 4) is 0 Å². The Hall–Kier alpha value is -14.6. The van der Waals surface area contributed by atoms with Crippen LogP contribution in [0.15, 0.2) is 165 Å². The summed E-state index contributed by atoms with van der Waals surface area (Å²) in [7, 11) is 1.40. The van der Waals surface area contributed by atoms with Crippen LogP contribution in [0.4, 0.5) is 105 Å². The number of rotatable bonds is 28. The number of anilines is 8. The van der Waals surface area contributed by atoms with E-state index in [9.17, 15) is 97.0 Å². The molecule has 804 valence electrons. The van der Waals surface area contributed by atoms with Gasteiger partial charge in [-0.15, -0.1) is 0 Å². The van der Waals surface area contributed by atoms with E-state index in [1.165, 1.54) is 97.9 Å². The first-order valence-corrected chi connectivity index (χ1v) is 51.1. The summed E-state index contributed by atoms with van der Waals surface area (Å²) < 4.78 is 126. The Morgan fingerprint density at radius 2 is 0.653 bits per heavy atom. The van der Waals surface area contributed by atoms with Crippen LogP contribution in [-0.4, -0.2) is 224 Å². The van der Waals surface area contributed by atoms with Crippen LogP contribution in [0.2, 0.25) is 0 Å². The van der Waals surface area contributed by atoms with Crippen LogP contribution >= 0.6 is 0 Å². The van der Waals surface area contributed by atoms with Crippen LogP contribution in [-0.2, 0) is 64.0 Å². The Morgan fingerprint density at radius 3 is 0.953 bits per heavy atom. The van der Waals surface area contributed by atoms with Crippen LogP contribution in [0.3, 0.4) is 0 Å². The predicted molar refractivity (Wildman–Crippen MR) is 539 cm³/mol. The average Bonchev–Trinajstić information content (AvgIpc) is 0.746. The van der Waals surface area contributed by atoms with Gasteiger partial charge in [-0.1, -0.05) is 102 Å². The van der Waals surface area contributed by atoms with Crippen molar-refractivity contribution in [1.82, 2.24) is 80.7 Å². The molecule has 4 saturated carbocycles. The minimum absolute atomic E-state index is 0.00296. The van der Waals surface area contributed by atoms with Gasteiger partial charge in [-0.2, -0.15) is 39.5 Å². The predicted octanol–water partition coefficient (Wildman–Crippen LogP) is 14.6. The number of para-hydroxylation sites is 1. The molecular formula is C105H129F9N24O12. The summed E-state index contributed by atoms with van der Waals surface area (Å²) in [5.74, 6) is -8.89.